The van der Waals surface area contributed by atoms with Gasteiger partial charge < -0.3 is 9.73 Å². The highest BCUT2D eigenvalue weighted by Gasteiger charge is 2.27. The third-order valence-corrected chi connectivity index (χ3v) is 2.21. The molecule has 0 spiro atoms. The summed E-state index contributed by atoms with van der Waals surface area (Å²) in [6.45, 7) is 10.6. The van der Waals surface area contributed by atoms with Crippen molar-refractivity contribution >= 4 is 5.91 Å². The molecule has 0 radical (unpaired) electrons. The highest BCUT2D eigenvalue weighted by molar-refractivity contribution is 5.94. The van der Waals surface area contributed by atoms with E-state index >= 15 is 0 Å². The van der Waals surface area contributed by atoms with Gasteiger partial charge in [-0.05, 0) is 31.7 Å². The highest BCUT2D eigenvalue weighted by atomic mass is 16.3. The van der Waals surface area contributed by atoms with E-state index in [2.05, 4.69) is 26.1 Å². The van der Waals surface area contributed by atoms with Crippen molar-refractivity contribution < 1.29 is 9.21 Å². The molecule has 1 aromatic heterocycles. The Morgan fingerprint density at radius 1 is 1.31 bits per heavy atom. The molecule has 0 fully saturated rings. The van der Waals surface area contributed by atoms with E-state index < -0.39 is 0 Å². The summed E-state index contributed by atoms with van der Waals surface area (Å²) in [5, 5.41) is 3.02. The van der Waals surface area contributed by atoms with Crippen molar-refractivity contribution in [1.82, 2.24) is 5.32 Å². The molecule has 1 N–H and O–H groups in total. The Morgan fingerprint density at radius 2 is 1.94 bits per heavy atom. The summed E-state index contributed by atoms with van der Waals surface area (Å²) in [7, 11) is 0. The summed E-state index contributed by atoms with van der Waals surface area (Å²) in [5.74, 6) is -0.0806. The Morgan fingerprint density at radius 3 is 2.38 bits per heavy atom. The maximum atomic E-state index is 11.8. The number of rotatable bonds is 3. The summed E-state index contributed by atoms with van der Waals surface area (Å²) in [6, 6.07) is 1.67. The molecular formula is C13H21NO2. The zero-order chi connectivity index (χ0) is 12.4. The fourth-order valence-corrected chi connectivity index (χ4v) is 2.14. The van der Waals surface area contributed by atoms with E-state index in [4.69, 9.17) is 4.42 Å². The van der Waals surface area contributed by atoms with E-state index in [0.717, 1.165) is 6.42 Å². The van der Waals surface area contributed by atoms with Gasteiger partial charge in [-0.15, -0.1) is 0 Å². The fourth-order valence-electron chi connectivity index (χ4n) is 2.14. The van der Waals surface area contributed by atoms with Crippen LogP contribution in [-0.2, 0) is 0 Å². The molecule has 0 aromatic carbocycles. The van der Waals surface area contributed by atoms with Gasteiger partial charge in [0, 0.05) is 5.54 Å². The summed E-state index contributed by atoms with van der Waals surface area (Å²) >= 11 is 0. The van der Waals surface area contributed by atoms with Crippen molar-refractivity contribution in [3.63, 3.8) is 0 Å². The number of carbonyl (C=O) groups is 1. The SMILES string of the molecule is CC(C)(C)CC(C)(C)NC(=O)c1ccoc1. The molecule has 16 heavy (non-hydrogen) atoms. The fraction of sp³-hybridized carbons (Fsp3) is 0.615. The number of carbonyl (C=O) groups excluding carboxylic acids is 1. The smallest absolute Gasteiger partial charge is 0.254 e. The van der Waals surface area contributed by atoms with Gasteiger partial charge in [0.25, 0.3) is 5.91 Å². The van der Waals surface area contributed by atoms with Crippen molar-refractivity contribution in [3.05, 3.63) is 24.2 Å². The molecule has 0 saturated carbocycles. The van der Waals surface area contributed by atoms with Crippen LogP contribution in [0.2, 0.25) is 0 Å². The van der Waals surface area contributed by atoms with Crippen LogP contribution in [-0.4, -0.2) is 11.4 Å². The molecule has 0 unspecified atom stereocenters. The van der Waals surface area contributed by atoms with Crippen LogP contribution in [0.5, 0.6) is 0 Å². The lowest BCUT2D eigenvalue weighted by molar-refractivity contribution is 0.0891. The molecule has 0 saturated heterocycles. The Hall–Kier alpha value is -1.25. The van der Waals surface area contributed by atoms with Crippen LogP contribution >= 0.6 is 0 Å². The molecule has 0 bridgehead atoms. The second-order valence-corrected chi connectivity index (χ2v) is 6.09. The second-order valence-electron chi connectivity index (χ2n) is 6.09. The van der Waals surface area contributed by atoms with E-state index in [9.17, 15) is 4.79 Å². The average Bonchev–Trinajstić information content (AvgIpc) is 2.48. The molecule has 3 nitrogen and oxygen atoms in total. The van der Waals surface area contributed by atoms with Crippen molar-refractivity contribution in [2.45, 2.75) is 46.6 Å². The van der Waals surface area contributed by atoms with Crippen LogP contribution in [0.1, 0.15) is 51.4 Å². The Bertz CT molecular complexity index is 345. The minimum Gasteiger partial charge on any atom is -0.472 e. The van der Waals surface area contributed by atoms with E-state index in [1.54, 1.807) is 6.07 Å². The molecule has 1 amide bonds. The lowest BCUT2D eigenvalue weighted by Crippen LogP contribution is -2.45. The first-order valence-electron chi connectivity index (χ1n) is 5.54. The van der Waals surface area contributed by atoms with Crippen molar-refractivity contribution in [2.24, 2.45) is 5.41 Å². The van der Waals surface area contributed by atoms with Crippen molar-refractivity contribution in [2.75, 3.05) is 0 Å². The summed E-state index contributed by atoms with van der Waals surface area (Å²) in [6.07, 6.45) is 3.89. The van der Waals surface area contributed by atoms with Crippen molar-refractivity contribution in [3.8, 4) is 0 Å². The van der Waals surface area contributed by atoms with E-state index in [-0.39, 0.29) is 16.9 Å². The first-order chi connectivity index (χ1) is 7.20. The summed E-state index contributed by atoms with van der Waals surface area (Å²) in [5.41, 5.74) is 0.543. The van der Waals surface area contributed by atoms with Gasteiger partial charge in [0.05, 0.1) is 11.8 Å². The minimum atomic E-state index is -0.216. The van der Waals surface area contributed by atoms with Gasteiger partial charge in [0.1, 0.15) is 6.26 Å². The van der Waals surface area contributed by atoms with Crippen LogP contribution < -0.4 is 5.32 Å². The quantitative estimate of drug-likeness (QED) is 0.854. The maximum Gasteiger partial charge on any atom is 0.254 e. The number of nitrogens with one attached hydrogen (secondary N) is 1. The molecule has 0 atom stereocenters. The molecule has 0 aliphatic rings. The number of hydrogen-bond acceptors (Lipinski definition) is 2. The standard InChI is InChI=1S/C13H21NO2/c1-12(2,3)9-13(4,5)14-11(15)10-6-7-16-8-10/h6-8H,9H2,1-5H3,(H,14,15). The van der Waals surface area contributed by atoms with Crippen LogP contribution in [0, 0.1) is 5.41 Å². The molecule has 3 heteroatoms. The number of furan rings is 1. The van der Waals surface area contributed by atoms with E-state index in [1.807, 2.05) is 13.8 Å². The third-order valence-electron chi connectivity index (χ3n) is 2.21. The largest absolute Gasteiger partial charge is 0.472 e. The average molecular weight is 223 g/mol. The van der Waals surface area contributed by atoms with Gasteiger partial charge in [0.2, 0.25) is 0 Å². The normalized spacial score (nSPS) is 12.6. The monoisotopic (exact) mass is 223 g/mol. The zero-order valence-corrected chi connectivity index (χ0v) is 10.8. The van der Waals surface area contributed by atoms with Crippen molar-refractivity contribution in [1.29, 1.82) is 0 Å². The number of amides is 1. The van der Waals surface area contributed by atoms with Gasteiger partial charge in [-0.25, -0.2) is 0 Å². The van der Waals surface area contributed by atoms with Crippen LogP contribution in [0.3, 0.4) is 0 Å². The van der Waals surface area contributed by atoms with Crippen LogP contribution in [0.25, 0.3) is 0 Å². The zero-order valence-electron chi connectivity index (χ0n) is 10.8. The topological polar surface area (TPSA) is 42.2 Å². The molecular weight excluding hydrogens is 202 g/mol. The molecule has 90 valence electrons. The van der Waals surface area contributed by atoms with Gasteiger partial charge in [-0.3, -0.25) is 4.79 Å². The van der Waals surface area contributed by atoms with Crippen LogP contribution in [0.15, 0.2) is 23.0 Å². The Labute approximate surface area is 97.2 Å². The molecule has 1 heterocycles. The van der Waals surface area contributed by atoms with E-state index in [0.29, 0.717) is 5.56 Å². The van der Waals surface area contributed by atoms with Gasteiger partial charge in [0.15, 0.2) is 0 Å². The van der Waals surface area contributed by atoms with Gasteiger partial charge in [-0.2, -0.15) is 0 Å². The summed E-state index contributed by atoms with van der Waals surface area (Å²) in [4.78, 5) is 11.8. The molecule has 1 aromatic rings. The summed E-state index contributed by atoms with van der Waals surface area (Å²) < 4.78 is 4.89. The minimum absolute atomic E-state index is 0.0806. The second kappa shape index (κ2) is 4.32. The highest BCUT2D eigenvalue weighted by Crippen LogP contribution is 2.26. The van der Waals surface area contributed by atoms with Crippen LogP contribution in [0.4, 0.5) is 0 Å². The Kier molecular flexibility index (Phi) is 3.46. The molecule has 1 rings (SSSR count). The molecule has 0 aliphatic heterocycles. The maximum absolute atomic E-state index is 11.8. The lowest BCUT2D eigenvalue weighted by atomic mass is 9.81. The first-order valence-corrected chi connectivity index (χ1v) is 5.54. The predicted octanol–water partition coefficient (Wildman–Crippen LogP) is 3.22. The first kappa shape index (κ1) is 12.8. The van der Waals surface area contributed by atoms with E-state index in [1.165, 1.54) is 12.5 Å². The number of hydrogen-bond donors (Lipinski definition) is 1. The molecule has 0 aliphatic carbocycles. The third kappa shape index (κ3) is 4.09. The lowest BCUT2D eigenvalue weighted by Gasteiger charge is -2.33. The van der Waals surface area contributed by atoms with Gasteiger partial charge >= 0.3 is 0 Å². The van der Waals surface area contributed by atoms with Gasteiger partial charge in [-0.1, -0.05) is 20.8 Å². The Balaban J connectivity index is 2.63. The predicted molar refractivity (Wildman–Crippen MR) is 64.3 cm³/mol.